The fourth-order valence-corrected chi connectivity index (χ4v) is 2.81. The lowest BCUT2D eigenvalue weighted by molar-refractivity contribution is -0.223. The molecule has 0 spiro atoms. The quantitative estimate of drug-likeness (QED) is 0.777. The minimum absolute atomic E-state index is 0.0159. The molecule has 6 heteroatoms. The zero-order chi connectivity index (χ0) is 16.4. The number of carbonyl (C=O) groups is 1. The van der Waals surface area contributed by atoms with Gasteiger partial charge in [0.2, 0.25) is 0 Å². The fraction of sp³-hybridized carbons (Fsp3) is 0.562. The van der Waals surface area contributed by atoms with Crippen LogP contribution >= 0.6 is 0 Å². The Labute approximate surface area is 131 Å². The third-order valence-electron chi connectivity index (χ3n) is 3.53. The molecular weight excluding hydrogens is 304 g/mol. The lowest BCUT2D eigenvalue weighted by Crippen LogP contribution is -2.37. The van der Waals surface area contributed by atoms with Crippen molar-refractivity contribution in [1.82, 2.24) is 0 Å². The first kappa shape index (κ1) is 17.1. The van der Waals surface area contributed by atoms with E-state index in [4.69, 9.17) is 9.47 Å². The first-order valence-electron chi connectivity index (χ1n) is 7.24. The van der Waals surface area contributed by atoms with Gasteiger partial charge in [-0.3, -0.25) is 4.79 Å². The molecule has 1 aliphatic rings. The molecule has 1 fully saturated rings. The van der Waals surface area contributed by atoms with E-state index in [0.29, 0.717) is 31.6 Å². The number of hydrogen-bond acceptors (Lipinski definition) is 5. The second kappa shape index (κ2) is 6.48. The van der Waals surface area contributed by atoms with Crippen LogP contribution in [0.4, 0.5) is 0 Å². The van der Waals surface area contributed by atoms with Gasteiger partial charge in [-0.25, -0.2) is 8.42 Å². The highest BCUT2D eigenvalue weighted by Gasteiger charge is 2.28. The summed E-state index contributed by atoms with van der Waals surface area (Å²) in [4.78, 5) is 12.3. The summed E-state index contributed by atoms with van der Waals surface area (Å²) in [6.45, 7) is 5.37. The molecule has 0 unspecified atom stereocenters. The van der Waals surface area contributed by atoms with Crippen LogP contribution in [0.3, 0.4) is 0 Å². The standard InChI is InChI=1S/C16H22O5S/c1-16(2)10-20-15(21-11-16)9-8-14(17)12-4-6-13(7-5-12)22(3,18)19/h4-7,15H,8-11H2,1-3H3. The number of Topliss-reactive ketones (excluding diaryl/α,β-unsaturated/α-hetero) is 1. The van der Waals surface area contributed by atoms with Crippen LogP contribution in [0, 0.1) is 5.41 Å². The Kier molecular flexibility index (Phi) is 5.04. The van der Waals surface area contributed by atoms with E-state index in [9.17, 15) is 13.2 Å². The van der Waals surface area contributed by atoms with Crippen LogP contribution in [0.5, 0.6) is 0 Å². The van der Waals surface area contributed by atoms with Gasteiger partial charge in [0.05, 0.1) is 18.1 Å². The van der Waals surface area contributed by atoms with Crippen molar-refractivity contribution in [3.63, 3.8) is 0 Å². The first-order valence-corrected chi connectivity index (χ1v) is 9.13. The Morgan fingerprint density at radius 2 is 1.73 bits per heavy atom. The fourth-order valence-electron chi connectivity index (χ4n) is 2.17. The second-order valence-electron chi connectivity index (χ2n) is 6.47. The SMILES string of the molecule is CC1(C)COC(CCC(=O)c2ccc(S(C)(=O)=O)cc2)OC1. The van der Waals surface area contributed by atoms with Crippen LogP contribution in [0.25, 0.3) is 0 Å². The van der Waals surface area contributed by atoms with E-state index in [2.05, 4.69) is 13.8 Å². The van der Waals surface area contributed by atoms with Crippen molar-refractivity contribution in [2.75, 3.05) is 19.5 Å². The highest BCUT2D eigenvalue weighted by atomic mass is 32.2. The molecule has 1 aromatic carbocycles. The van der Waals surface area contributed by atoms with Crippen LogP contribution < -0.4 is 0 Å². The number of rotatable bonds is 5. The number of ether oxygens (including phenoxy) is 2. The topological polar surface area (TPSA) is 69.7 Å². The monoisotopic (exact) mass is 326 g/mol. The average molecular weight is 326 g/mol. The maximum Gasteiger partial charge on any atom is 0.175 e. The highest BCUT2D eigenvalue weighted by molar-refractivity contribution is 7.90. The summed E-state index contributed by atoms with van der Waals surface area (Å²) < 4.78 is 33.9. The van der Waals surface area contributed by atoms with Crippen molar-refractivity contribution < 1.29 is 22.7 Å². The van der Waals surface area contributed by atoms with Crippen LogP contribution in [0.2, 0.25) is 0 Å². The Hall–Kier alpha value is -1.24. The third-order valence-corrected chi connectivity index (χ3v) is 4.66. The largest absolute Gasteiger partial charge is 0.352 e. The molecule has 1 aromatic rings. The van der Waals surface area contributed by atoms with Gasteiger partial charge < -0.3 is 9.47 Å². The predicted molar refractivity (Wildman–Crippen MR) is 82.6 cm³/mol. The first-order chi connectivity index (χ1) is 10.2. The normalized spacial score (nSPS) is 19.0. The molecule has 0 radical (unpaired) electrons. The molecule has 122 valence electrons. The zero-order valence-corrected chi connectivity index (χ0v) is 14.0. The molecule has 0 saturated carbocycles. The number of carbonyl (C=O) groups excluding carboxylic acids is 1. The second-order valence-corrected chi connectivity index (χ2v) is 8.49. The zero-order valence-electron chi connectivity index (χ0n) is 13.2. The van der Waals surface area contributed by atoms with Crippen LogP contribution in [0.1, 0.15) is 37.0 Å². The van der Waals surface area contributed by atoms with Crippen LogP contribution in [-0.4, -0.2) is 40.0 Å². The number of hydrogen-bond donors (Lipinski definition) is 0. The molecule has 2 rings (SSSR count). The van der Waals surface area contributed by atoms with Crippen molar-refractivity contribution in [3.8, 4) is 0 Å². The summed E-state index contributed by atoms with van der Waals surface area (Å²) >= 11 is 0. The molecule has 1 heterocycles. The molecule has 0 amide bonds. The molecule has 22 heavy (non-hydrogen) atoms. The van der Waals surface area contributed by atoms with E-state index in [1.54, 1.807) is 12.1 Å². The average Bonchev–Trinajstić information content (AvgIpc) is 2.45. The summed E-state index contributed by atoms with van der Waals surface area (Å²) in [7, 11) is -3.24. The van der Waals surface area contributed by atoms with Gasteiger partial charge in [-0.15, -0.1) is 0 Å². The maximum absolute atomic E-state index is 12.1. The highest BCUT2D eigenvalue weighted by Crippen LogP contribution is 2.25. The Bertz CT molecular complexity index is 621. The van der Waals surface area contributed by atoms with Gasteiger partial charge in [-0.1, -0.05) is 26.0 Å². The number of benzene rings is 1. The minimum Gasteiger partial charge on any atom is -0.352 e. The minimum atomic E-state index is -3.24. The molecule has 0 aliphatic carbocycles. The summed E-state index contributed by atoms with van der Waals surface area (Å²) in [5.74, 6) is -0.0444. The molecule has 1 aliphatic heterocycles. The molecule has 0 atom stereocenters. The number of sulfone groups is 1. The van der Waals surface area contributed by atoms with Gasteiger partial charge in [0.15, 0.2) is 21.9 Å². The lowest BCUT2D eigenvalue weighted by atomic mass is 9.95. The van der Waals surface area contributed by atoms with Gasteiger partial charge in [0.1, 0.15) is 0 Å². The van der Waals surface area contributed by atoms with Crippen molar-refractivity contribution in [1.29, 1.82) is 0 Å². The van der Waals surface area contributed by atoms with E-state index in [1.807, 2.05) is 0 Å². The molecule has 5 nitrogen and oxygen atoms in total. The third kappa shape index (κ3) is 4.63. The lowest BCUT2D eigenvalue weighted by Gasteiger charge is -2.34. The maximum atomic E-state index is 12.1. The molecule has 0 aromatic heterocycles. The molecule has 0 bridgehead atoms. The Balaban J connectivity index is 1.88. The molecule has 1 saturated heterocycles. The van der Waals surface area contributed by atoms with Gasteiger partial charge in [0, 0.05) is 30.1 Å². The number of ketones is 1. The van der Waals surface area contributed by atoms with E-state index < -0.39 is 9.84 Å². The van der Waals surface area contributed by atoms with Crippen LogP contribution in [-0.2, 0) is 19.3 Å². The van der Waals surface area contributed by atoms with Gasteiger partial charge >= 0.3 is 0 Å². The van der Waals surface area contributed by atoms with Crippen molar-refractivity contribution >= 4 is 15.6 Å². The predicted octanol–water partition coefficient (Wildman–Crippen LogP) is 2.45. The van der Waals surface area contributed by atoms with E-state index in [-0.39, 0.29) is 22.4 Å². The summed E-state index contributed by atoms with van der Waals surface area (Å²) in [6, 6.07) is 6.01. The van der Waals surface area contributed by atoms with Gasteiger partial charge in [-0.2, -0.15) is 0 Å². The van der Waals surface area contributed by atoms with Gasteiger partial charge in [-0.05, 0) is 12.1 Å². The van der Waals surface area contributed by atoms with Crippen molar-refractivity contribution in [3.05, 3.63) is 29.8 Å². The smallest absolute Gasteiger partial charge is 0.175 e. The van der Waals surface area contributed by atoms with E-state index in [1.165, 1.54) is 12.1 Å². The van der Waals surface area contributed by atoms with E-state index >= 15 is 0 Å². The van der Waals surface area contributed by atoms with E-state index in [0.717, 1.165) is 6.26 Å². The van der Waals surface area contributed by atoms with Gasteiger partial charge in [0.25, 0.3) is 0 Å². The Morgan fingerprint density at radius 1 is 1.18 bits per heavy atom. The van der Waals surface area contributed by atoms with Crippen molar-refractivity contribution in [2.45, 2.75) is 37.9 Å². The van der Waals surface area contributed by atoms with Crippen LogP contribution in [0.15, 0.2) is 29.2 Å². The molecular formula is C16H22O5S. The Morgan fingerprint density at radius 3 is 2.23 bits per heavy atom. The molecule has 0 N–H and O–H groups in total. The summed E-state index contributed by atoms with van der Waals surface area (Å²) in [6.07, 6.45) is 1.61. The van der Waals surface area contributed by atoms with Crippen molar-refractivity contribution in [2.24, 2.45) is 5.41 Å². The summed E-state index contributed by atoms with van der Waals surface area (Å²) in [5.41, 5.74) is 0.519. The summed E-state index contributed by atoms with van der Waals surface area (Å²) in [5, 5.41) is 0.